The van der Waals surface area contributed by atoms with E-state index < -0.39 is 24.2 Å². The van der Waals surface area contributed by atoms with Crippen LogP contribution in [-0.4, -0.2) is 40.8 Å². The molecular weight excluding hydrogens is 621 g/mol. The molecular formula is C38H49F3N2O5. The third-order valence-corrected chi connectivity index (χ3v) is 8.00. The largest absolute Gasteiger partial charge is 0.494 e. The number of esters is 2. The smallest absolute Gasteiger partial charge is 0.425 e. The predicted octanol–water partition coefficient (Wildman–Crippen LogP) is 10.7. The summed E-state index contributed by atoms with van der Waals surface area (Å²) in [5.41, 5.74) is 0.788. The Labute approximate surface area is 282 Å². The van der Waals surface area contributed by atoms with Crippen molar-refractivity contribution in [2.45, 2.75) is 122 Å². The number of halogens is 3. The molecule has 10 heteroatoms. The summed E-state index contributed by atoms with van der Waals surface area (Å²) in [7, 11) is 0. The maximum Gasteiger partial charge on any atom is 0.425 e. The number of hydrogen-bond donors (Lipinski definition) is 0. The van der Waals surface area contributed by atoms with Crippen LogP contribution in [0.5, 0.6) is 11.5 Å². The quantitative estimate of drug-likeness (QED) is 0.0597. The number of ether oxygens (including phenoxy) is 3. The van der Waals surface area contributed by atoms with Gasteiger partial charge in [0.2, 0.25) is 0 Å². The molecule has 0 aliphatic carbocycles. The molecule has 2 aromatic carbocycles. The van der Waals surface area contributed by atoms with E-state index in [2.05, 4.69) is 23.8 Å². The van der Waals surface area contributed by atoms with E-state index in [1.54, 1.807) is 0 Å². The van der Waals surface area contributed by atoms with Crippen molar-refractivity contribution in [3.05, 3.63) is 72.1 Å². The fourth-order valence-electron chi connectivity index (χ4n) is 5.13. The lowest BCUT2D eigenvalue weighted by Gasteiger charge is -2.20. The molecule has 7 nitrogen and oxygen atoms in total. The number of hydrogen-bond acceptors (Lipinski definition) is 7. The average Bonchev–Trinajstić information content (AvgIpc) is 3.08. The van der Waals surface area contributed by atoms with Gasteiger partial charge in [-0.05, 0) is 67.8 Å². The summed E-state index contributed by atoms with van der Waals surface area (Å²) in [4.78, 5) is 33.7. The van der Waals surface area contributed by atoms with E-state index in [4.69, 9.17) is 14.2 Å². The molecule has 0 saturated heterocycles. The number of rotatable bonds is 22. The zero-order valence-electron chi connectivity index (χ0n) is 28.2. The minimum absolute atomic E-state index is 0.0794. The third-order valence-electron chi connectivity index (χ3n) is 8.00. The fourth-order valence-corrected chi connectivity index (χ4v) is 5.13. The number of alkyl halides is 3. The number of aromatic nitrogens is 2. The van der Waals surface area contributed by atoms with Crippen molar-refractivity contribution >= 4 is 11.9 Å². The average molecular weight is 671 g/mol. The van der Waals surface area contributed by atoms with Crippen LogP contribution in [0, 0.1) is 0 Å². The van der Waals surface area contributed by atoms with E-state index in [0.717, 1.165) is 49.8 Å². The third kappa shape index (κ3) is 14.0. The maximum atomic E-state index is 13.5. The van der Waals surface area contributed by atoms with Gasteiger partial charge >= 0.3 is 18.1 Å². The second kappa shape index (κ2) is 21.1. The van der Waals surface area contributed by atoms with Crippen LogP contribution in [0.4, 0.5) is 13.2 Å². The molecule has 1 aromatic heterocycles. The summed E-state index contributed by atoms with van der Waals surface area (Å²) in [6, 6.07) is 12.6. The van der Waals surface area contributed by atoms with Gasteiger partial charge in [0, 0.05) is 18.0 Å². The molecule has 3 aromatic rings. The van der Waals surface area contributed by atoms with Crippen LogP contribution in [-0.2, 0) is 4.74 Å². The molecule has 1 atom stereocenters. The van der Waals surface area contributed by atoms with Gasteiger partial charge in [0.25, 0.3) is 0 Å². The highest BCUT2D eigenvalue weighted by Crippen LogP contribution is 2.28. The Morgan fingerprint density at radius 2 is 1.17 bits per heavy atom. The summed E-state index contributed by atoms with van der Waals surface area (Å²) in [6.07, 6.45) is 10.4. The second-order valence-electron chi connectivity index (χ2n) is 12.0. The highest BCUT2D eigenvalue weighted by molar-refractivity contribution is 5.91. The first-order chi connectivity index (χ1) is 23.2. The molecule has 0 aliphatic rings. The molecule has 0 aliphatic heterocycles. The molecule has 0 radical (unpaired) electrons. The van der Waals surface area contributed by atoms with Gasteiger partial charge < -0.3 is 14.2 Å². The monoisotopic (exact) mass is 670 g/mol. The first-order valence-electron chi connectivity index (χ1n) is 17.4. The number of benzene rings is 2. The molecule has 48 heavy (non-hydrogen) atoms. The van der Waals surface area contributed by atoms with Crippen LogP contribution in [0.2, 0.25) is 0 Å². The van der Waals surface area contributed by atoms with E-state index in [9.17, 15) is 22.8 Å². The normalized spacial score (nSPS) is 12.0. The van der Waals surface area contributed by atoms with Gasteiger partial charge in [-0.25, -0.2) is 19.6 Å². The van der Waals surface area contributed by atoms with E-state index >= 15 is 0 Å². The van der Waals surface area contributed by atoms with Gasteiger partial charge in [-0.2, -0.15) is 13.2 Å². The summed E-state index contributed by atoms with van der Waals surface area (Å²) >= 11 is 0. The number of carbonyl (C=O) groups excluding carboxylic acids is 2. The van der Waals surface area contributed by atoms with E-state index in [0.29, 0.717) is 25.3 Å². The molecule has 0 N–H and O–H groups in total. The highest BCUT2D eigenvalue weighted by atomic mass is 19.4. The van der Waals surface area contributed by atoms with Crippen molar-refractivity contribution in [2.75, 3.05) is 6.61 Å². The Hall–Kier alpha value is -3.95. The first kappa shape index (κ1) is 38.5. The Morgan fingerprint density at radius 3 is 1.73 bits per heavy atom. The van der Waals surface area contributed by atoms with Crippen LogP contribution < -0.4 is 9.47 Å². The van der Waals surface area contributed by atoms with Gasteiger partial charge in [0.05, 0.1) is 17.7 Å². The van der Waals surface area contributed by atoms with Crippen LogP contribution in [0.25, 0.3) is 11.4 Å². The molecule has 0 bridgehead atoms. The minimum Gasteiger partial charge on any atom is -0.494 e. The molecule has 1 heterocycles. The Morgan fingerprint density at radius 1 is 0.646 bits per heavy atom. The second-order valence-corrected chi connectivity index (χ2v) is 12.0. The zero-order chi connectivity index (χ0) is 34.6. The summed E-state index contributed by atoms with van der Waals surface area (Å²) in [5, 5.41) is 0. The lowest BCUT2D eigenvalue weighted by atomic mass is 10.1. The summed E-state index contributed by atoms with van der Waals surface area (Å²) < 4.78 is 56.5. The van der Waals surface area contributed by atoms with Crippen LogP contribution >= 0.6 is 0 Å². The summed E-state index contributed by atoms with van der Waals surface area (Å²) in [6.45, 7) is 4.97. The Kier molecular flexibility index (Phi) is 16.9. The molecule has 0 amide bonds. The van der Waals surface area contributed by atoms with Crippen molar-refractivity contribution in [2.24, 2.45) is 0 Å². The predicted molar refractivity (Wildman–Crippen MR) is 180 cm³/mol. The van der Waals surface area contributed by atoms with Crippen molar-refractivity contribution < 1.29 is 37.0 Å². The standard InChI is InChI=1S/C38H49F3N2O5/c1-3-5-7-9-11-12-14-16-26-46-32-22-18-29(19-23-32)35-42-27-31(28-43-35)37(45)47-33-24-20-30(21-25-33)36(44)48-34(38(39,40)41)17-15-13-10-8-6-4-2/h18-25,27-28,34H,3-17,26H2,1-2H3. The minimum atomic E-state index is -4.66. The van der Waals surface area contributed by atoms with Crippen molar-refractivity contribution in [1.82, 2.24) is 9.97 Å². The van der Waals surface area contributed by atoms with Gasteiger partial charge in [-0.1, -0.05) is 90.9 Å². The van der Waals surface area contributed by atoms with Gasteiger partial charge in [-0.3, -0.25) is 0 Å². The van der Waals surface area contributed by atoms with E-state index in [-0.39, 0.29) is 23.3 Å². The number of unbranched alkanes of at least 4 members (excludes halogenated alkanes) is 12. The SMILES string of the molecule is CCCCCCCCCCOc1ccc(-c2ncc(C(=O)Oc3ccc(C(=O)OC(CCCCCCCC)C(F)(F)F)cc3)cn2)cc1. The fraction of sp³-hybridized carbons (Fsp3) is 0.526. The zero-order valence-corrected chi connectivity index (χ0v) is 28.2. The Balaban J connectivity index is 1.44. The molecule has 262 valence electrons. The van der Waals surface area contributed by atoms with Gasteiger partial charge in [0.1, 0.15) is 11.5 Å². The maximum absolute atomic E-state index is 13.5. The summed E-state index contributed by atoms with van der Waals surface area (Å²) in [5.74, 6) is -0.513. The van der Waals surface area contributed by atoms with Crippen molar-refractivity contribution in [1.29, 1.82) is 0 Å². The lowest BCUT2D eigenvalue weighted by Crippen LogP contribution is -2.33. The number of nitrogens with zero attached hydrogens (tertiary/aromatic N) is 2. The van der Waals surface area contributed by atoms with Crippen molar-refractivity contribution in [3.8, 4) is 22.9 Å². The molecule has 0 fully saturated rings. The molecule has 1 unspecified atom stereocenters. The van der Waals surface area contributed by atoms with Crippen LogP contribution in [0.3, 0.4) is 0 Å². The Bertz CT molecular complexity index is 1350. The van der Waals surface area contributed by atoms with Crippen molar-refractivity contribution in [3.63, 3.8) is 0 Å². The topological polar surface area (TPSA) is 87.6 Å². The van der Waals surface area contributed by atoms with Gasteiger partial charge in [0.15, 0.2) is 11.9 Å². The molecule has 0 saturated carbocycles. The highest BCUT2D eigenvalue weighted by Gasteiger charge is 2.42. The lowest BCUT2D eigenvalue weighted by molar-refractivity contribution is -0.206. The van der Waals surface area contributed by atoms with E-state index in [1.807, 2.05) is 24.3 Å². The number of carbonyl (C=O) groups is 2. The van der Waals surface area contributed by atoms with E-state index in [1.165, 1.54) is 75.2 Å². The molecule has 3 rings (SSSR count). The first-order valence-corrected chi connectivity index (χ1v) is 17.4. The van der Waals surface area contributed by atoms with Gasteiger partial charge in [-0.15, -0.1) is 0 Å². The van der Waals surface area contributed by atoms with Crippen LogP contribution in [0.15, 0.2) is 60.9 Å². The molecule has 0 spiro atoms. The van der Waals surface area contributed by atoms with Crippen LogP contribution in [0.1, 0.15) is 131 Å².